The fraction of sp³-hybridized carbons (Fsp3) is 0.600. The van der Waals surface area contributed by atoms with E-state index >= 15 is 0 Å². The van der Waals surface area contributed by atoms with Crippen LogP contribution in [0.2, 0.25) is 0 Å². The van der Waals surface area contributed by atoms with Crippen LogP contribution in [0.15, 0.2) is 23.1 Å². The molecule has 1 aliphatic rings. The maximum absolute atomic E-state index is 12.7. The van der Waals surface area contributed by atoms with Crippen LogP contribution in [0.3, 0.4) is 0 Å². The van der Waals surface area contributed by atoms with Crippen molar-refractivity contribution in [3.05, 3.63) is 23.8 Å². The van der Waals surface area contributed by atoms with Crippen LogP contribution >= 0.6 is 0 Å². The number of hydrogen-bond acceptors (Lipinski definition) is 4. The zero-order valence-corrected chi connectivity index (χ0v) is 17.3. The molecule has 0 atom stereocenters. The third-order valence-electron chi connectivity index (χ3n) is 4.83. The van der Waals surface area contributed by atoms with Crippen LogP contribution in [0.4, 0.5) is 5.69 Å². The summed E-state index contributed by atoms with van der Waals surface area (Å²) in [5, 5.41) is 0. The van der Waals surface area contributed by atoms with E-state index in [2.05, 4.69) is 0 Å². The second kappa shape index (κ2) is 9.35. The van der Waals surface area contributed by atoms with Gasteiger partial charge in [-0.25, -0.2) is 8.42 Å². The Hall–Kier alpha value is -1.89. The molecule has 7 heteroatoms. The molecule has 2 amide bonds. The van der Waals surface area contributed by atoms with Crippen molar-refractivity contribution in [2.45, 2.75) is 57.8 Å². The molecule has 6 nitrogen and oxygen atoms in total. The maximum Gasteiger partial charge on any atom is 0.223 e. The number of hydrogen-bond donors (Lipinski definition) is 0. The molecule has 0 saturated carbocycles. The first-order valence-corrected chi connectivity index (χ1v) is 11.4. The van der Waals surface area contributed by atoms with Crippen molar-refractivity contribution < 1.29 is 18.0 Å². The summed E-state index contributed by atoms with van der Waals surface area (Å²) >= 11 is 0. The molecule has 0 unspecified atom stereocenters. The molecule has 27 heavy (non-hydrogen) atoms. The Morgan fingerprint density at radius 2 is 1.81 bits per heavy atom. The number of rotatable bonds is 8. The van der Waals surface area contributed by atoms with Crippen LogP contribution in [0.5, 0.6) is 0 Å². The van der Waals surface area contributed by atoms with Gasteiger partial charge in [0.1, 0.15) is 0 Å². The van der Waals surface area contributed by atoms with Crippen LogP contribution in [0.1, 0.15) is 52.0 Å². The van der Waals surface area contributed by atoms with E-state index in [1.54, 1.807) is 28.0 Å². The minimum absolute atomic E-state index is 0.00100. The van der Waals surface area contributed by atoms with Crippen molar-refractivity contribution in [2.75, 3.05) is 30.3 Å². The molecule has 0 aromatic heterocycles. The van der Waals surface area contributed by atoms with E-state index in [9.17, 15) is 18.0 Å². The molecule has 0 radical (unpaired) electrons. The summed E-state index contributed by atoms with van der Waals surface area (Å²) in [7, 11) is -3.54. The van der Waals surface area contributed by atoms with Crippen molar-refractivity contribution in [3.63, 3.8) is 0 Å². The van der Waals surface area contributed by atoms with E-state index in [1.165, 1.54) is 6.92 Å². The molecule has 150 valence electrons. The van der Waals surface area contributed by atoms with Gasteiger partial charge < -0.3 is 9.80 Å². The number of carbonyl (C=O) groups excluding carboxylic acids is 2. The van der Waals surface area contributed by atoms with Crippen LogP contribution in [0, 0.1) is 0 Å². The van der Waals surface area contributed by atoms with Crippen molar-refractivity contribution >= 4 is 27.3 Å². The Labute approximate surface area is 162 Å². The molecule has 2 rings (SSSR count). The first-order valence-electron chi connectivity index (χ1n) is 9.71. The number of fused-ring (bicyclic) bond motifs is 1. The minimum Gasteiger partial charge on any atom is -0.343 e. The quantitative estimate of drug-likeness (QED) is 0.679. The lowest BCUT2D eigenvalue weighted by Crippen LogP contribution is -2.34. The monoisotopic (exact) mass is 394 g/mol. The van der Waals surface area contributed by atoms with Crippen molar-refractivity contribution in [1.82, 2.24) is 4.90 Å². The van der Waals surface area contributed by atoms with Gasteiger partial charge >= 0.3 is 0 Å². The summed E-state index contributed by atoms with van der Waals surface area (Å²) in [6, 6.07) is 4.93. The zero-order valence-electron chi connectivity index (χ0n) is 16.5. The fourth-order valence-corrected chi connectivity index (χ4v) is 4.77. The smallest absolute Gasteiger partial charge is 0.223 e. The standard InChI is InChI=1S/C20H30N2O4S/c1-4-11-21(12-5-2)20(24)10-14-27(25,26)18-8-9-19-17(15-18)7-6-13-22(19)16(3)23/h8-9,15H,4-7,10-14H2,1-3H3. The van der Waals surface area contributed by atoms with Crippen molar-refractivity contribution in [2.24, 2.45) is 0 Å². The average molecular weight is 395 g/mol. The van der Waals surface area contributed by atoms with E-state index in [-0.39, 0.29) is 28.9 Å². The molecule has 0 fully saturated rings. The molecule has 1 aliphatic heterocycles. The van der Waals surface area contributed by atoms with Gasteiger partial charge in [-0.2, -0.15) is 0 Å². The number of amides is 2. The van der Waals surface area contributed by atoms with E-state index in [0.29, 0.717) is 19.6 Å². The highest BCUT2D eigenvalue weighted by atomic mass is 32.2. The molecule has 0 saturated heterocycles. The summed E-state index contributed by atoms with van der Waals surface area (Å²) < 4.78 is 25.4. The second-order valence-electron chi connectivity index (χ2n) is 7.01. The maximum atomic E-state index is 12.7. The Kier molecular flexibility index (Phi) is 7.41. The summed E-state index contributed by atoms with van der Waals surface area (Å²) in [4.78, 5) is 27.8. The van der Waals surface area contributed by atoms with Gasteiger partial charge in [-0.05, 0) is 49.4 Å². The average Bonchev–Trinajstić information content (AvgIpc) is 2.65. The topological polar surface area (TPSA) is 74.8 Å². The Morgan fingerprint density at radius 1 is 1.15 bits per heavy atom. The molecule has 0 aliphatic carbocycles. The van der Waals surface area contributed by atoms with Gasteiger partial charge in [0.05, 0.1) is 10.6 Å². The molecule has 0 bridgehead atoms. The van der Waals surface area contributed by atoms with Crippen LogP contribution < -0.4 is 4.90 Å². The largest absolute Gasteiger partial charge is 0.343 e. The number of aryl methyl sites for hydroxylation is 1. The Bertz CT molecular complexity index is 783. The van der Waals surface area contributed by atoms with Gasteiger partial charge in [0.25, 0.3) is 0 Å². The third kappa shape index (κ3) is 5.31. The molecule has 1 heterocycles. The normalized spacial score (nSPS) is 14.0. The van der Waals surface area contributed by atoms with Crippen LogP contribution in [0.25, 0.3) is 0 Å². The number of nitrogens with zero attached hydrogens (tertiary/aromatic N) is 2. The predicted octanol–water partition coefficient (Wildman–Crippen LogP) is 2.80. The van der Waals surface area contributed by atoms with Gasteiger partial charge in [-0.15, -0.1) is 0 Å². The van der Waals surface area contributed by atoms with E-state index in [1.807, 2.05) is 13.8 Å². The Balaban J connectivity index is 2.13. The summed E-state index contributed by atoms with van der Waals surface area (Å²) in [6.45, 7) is 7.50. The highest BCUT2D eigenvalue weighted by Gasteiger charge is 2.24. The van der Waals surface area contributed by atoms with Crippen molar-refractivity contribution in [3.8, 4) is 0 Å². The molecular weight excluding hydrogens is 364 g/mol. The third-order valence-corrected chi connectivity index (χ3v) is 6.55. The number of sulfone groups is 1. The van der Waals surface area contributed by atoms with Gasteiger partial charge in [0.2, 0.25) is 11.8 Å². The first kappa shape index (κ1) is 21.4. The fourth-order valence-electron chi connectivity index (χ4n) is 3.49. The lowest BCUT2D eigenvalue weighted by Gasteiger charge is -2.28. The Morgan fingerprint density at radius 3 is 2.41 bits per heavy atom. The van der Waals surface area contributed by atoms with E-state index in [4.69, 9.17) is 0 Å². The highest BCUT2D eigenvalue weighted by Crippen LogP contribution is 2.30. The molecule has 1 aromatic rings. The van der Waals surface area contributed by atoms with Gasteiger partial charge in [0, 0.05) is 38.7 Å². The van der Waals surface area contributed by atoms with Crippen LogP contribution in [-0.4, -0.2) is 50.5 Å². The summed E-state index contributed by atoms with van der Waals surface area (Å²) in [5.74, 6) is -0.336. The molecule has 1 aromatic carbocycles. The lowest BCUT2D eigenvalue weighted by atomic mass is 10.0. The number of carbonyl (C=O) groups is 2. The van der Waals surface area contributed by atoms with Gasteiger partial charge in [-0.3, -0.25) is 9.59 Å². The highest BCUT2D eigenvalue weighted by molar-refractivity contribution is 7.91. The van der Waals surface area contributed by atoms with Gasteiger partial charge in [0.15, 0.2) is 9.84 Å². The number of anilines is 1. The van der Waals surface area contributed by atoms with E-state index in [0.717, 1.165) is 36.9 Å². The predicted molar refractivity (Wildman–Crippen MR) is 107 cm³/mol. The molecular formula is C20H30N2O4S. The molecule has 0 N–H and O–H groups in total. The lowest BCUT2D eigenvalue weighted by molar-refractivity contribution is -0.130. The zero-order chi connectivity index (χ0) is 20.0. The van der Waals surface area contributed by atoms with Gasteiger partial charge in [-0.1, -0.05) is 13.8 Å². The second-order valence-corrected chi connectivity index (χ2v) is 9.12. The SMILES string of the molecule is CCCN(CCC)C(=O)CCS(=O)(=O)c1ccc2c(c1)CCCN2C(C)=O. The molecule has 0 spiro atoms. The van der Waals surface area contributed by atoms with Crippen LogP contribution in [-0.2, 0) is 25.8 Å². The summed E-state index contributed by atoms with van der Waals surface area (Å²) in [6.07, 6.45) is 3.28. The number of benzene rings is 1. The first-order chi connectivity index (χ1) is 12.8. The van der Waals surface area contributed by atoms with E-state index < -0.39 is 9.84 Å². The van der Waals surface area contributed by atoms with Crippen molar-refractivity contribution in [1.29, 1.82) is 0 Å². The summed E-state index contributed by atoms with van der Waals surface area (Å²) in [5.41, 5.74) is 1.67. The minimum atomic E-state index is -3.54.